The van der Waals surface area contributed by atoms with E-state index in [1.165, 1.54) is 32.1 Å². The highest BCUT2D eigenvalue weighted by atomic mass is 35.5. The molecule has 1 fully saturated rings. The largest absolute Gasteiger partial charge is 0.489 e. The number of halogens is 1. The minimum atomic E-state index is 0.0835. The van der Waals surface area contributed by atoms with Crippen LogP contribution in [0.2, 0.25) is 0 Å². The maximum atomic E-state index is 6.60. The van der Waals surface area contributed by atoms with Crippen molar-refractivity contribution in [1.29, 1.82) is 0 Å². The van der Waals surface area contributed by atoms with Gasteiger partial charge in [0.25, 0.3) is 0 Å². The molecule has 116 valence electrons. The molecule has 3 heteroatoms. The maximum absolute atomic E-state index is 6.60. The highest BCUT2D eigenvalue weighted by molar-refractivity contribution is 6.20. The van der Waals surface area contributed by atoms with Gasteiger partial charge in [-0.05, 0) is 36.5 Å². The average molecular weight is 309 g/mol. The van der Waals surface area contributed by atoms with E-state index in [9.17, 15) is 0 Å². The smallest absolute Gasteiger partial charge is 0.161 e. The van der Waals surface area contributed by atoms with Crippen LogP contribution >= 0.6 is 11.6 Å². The van der Waals surface area contributed by atoms with Crippen LogP contribution in [0.4, 0.5) is 0 Å². The fourth-order valence-electron chi connectivity index (χ4n) is 3.31. The van der Waals surface area contributed by atoms with E-state index >= 15 is 0 Å². The number of hydrogen-bond donors (Lipinski definition) is 0. The molecule has 2 unspecified atom stereocenters. The standard InChI is InChI=1S/C18H25ClO2/c1-13-11-20-17-9-7-15(10-18(17)21-12-13)16(19)8-6-14-4-2-3-5-14/h7,9-10,13-14,16H,2-6,8,11-12H2,1H3. The zero-order valence-corrected chi connectivity index (χ0v) is 13.6. The molecule has 2 nitrogen and oxygen atoms in total. The Bertz CT molecular complexity index is 468. The Morgan fingerprint density at radius 2 is 1.86 bits per heavy atom. The second-order valence-electron chi connectivity index (χ2n) is 6.63. The van der Waals surface area contributed by atoms with Crippen molar-refractivity contribution in [3.05, 3.63) is 23.8 Å². The van der Waals surface area contributed by atoms with Crippen LogP contribution in [0.15, 0.2) is 18.2 Å². The number of rotatable bonds is 4. The number of alkyl halides is 1. The van der Waals surface area contributed by atoms with Crippen molar-refractivity contribution < 1.29 is 9.47 Å². The summed E-state index contributed by atoms with van der Waals surface area (Å²) in [4.78, 5) is 0. The minimum absolute atomic E-state index is 0.0835. The van der Waals surface area contributed by atoms with E-state index in [2.05, 4.69) is 19.1 Å². The molecule has 1 heterocycles. The van der Waals surface area contributed by atoms with E-state index in [1.807, 2.05) is 6.07 Å². The van der Waals surface area contributed by atoms with Crippen LogP contribution in [0.5, 0.6) is 11.5 Å². The number of benzene rings is 1. The summed E-state index contributed by atoms with van der Waals surface area (Å²) in [6, 6.07) is 6.16. The van der Waals surface area contributed by atoms with E-state index in [4.69, 9.17) is 21.1 Å². The van der Waals surface area contributed by atoms with Gasteiger partial charge in [0.05, 0.1) is 18.6 Å². The minimum Gasteiger partial charge on any atom is -0.489 e. The van der Waals surface area contributed by atoms with E-state index in [0.717, 1.165) is 36.0 Å². The Morgan fingerprint density at radius 1 is 1.14 bits per heavy atom. The van der Waals surface area contributed by atoms with Crippen LogP contribution < -0.4 is 9.47 Å². The molecule has 0 radical (unpaired) electrons. The lowest BCUT2D eigenvalue weighted by Gasteiger charge is -2.15. The lowest BCUT2D eigenvalue weighted by molar-refractivity contribution is 0.228. The molecule has 1 aromatic carbocycles. The lowest BCUT2D eigenvalue weighted by atomic mass is 9.98. The second-order valence-corrected chi connectivity index (χ2v) is 7.16. The summed E-state index contributed by atoms with van der Waals surface area (Å²) in [7, 11) is 0. The predicted octanol–water partition coefficient (Wildman–Crippen LogP) is 5.34. The van der Waals surface area contributed by atoms with Crippen molar-refractivity contribution in [3.63, 3.8) is 0 Å². The molecule has 2 atom stereocenters. The van der Waals surface area contributed by atoms with Gasteiger partial charge in [-0.3, -0.25) is 0 Å². The molecule has 0 bridgehead atoms. The predicted molar refractivity (Wildman–Crippen MR) is 86.4 cm³/mol. The summed E-state index contributed by atoms with van der Waals surface area (Å²) in [5.74, 6) is 3.02. The molecular weight excluding hydrogens is 284 g/mol. The van der Waals surface area contributed by atoms with Crippen LogP contribution in [0.25, 0.3) is 0 Å². The molecule has 0 amide bonds. The Morgan fingerprint density at radius 3 is 2.62 bits per heavy atom. The Balaban J connectivity index is 1.62. The van der Waals surface area contributed by atoms with Gasteiger partial charge in [-0.25, -0.2) is 0 Å². The summed E-state index contributed by atoms with van der Waals surface area (Å²) >= 11 is 6.60. The molecule has 1 aliphatic heterocycles. The molecule has 3 rings (SSSR count). The van der Waals surface area contributed by atoms with E-state index < -0.39 is 0 Å². The van der Waals surface area contributed by atoms with Crippen LogP contribution in [0.3, 0.4) is 0 Å². The highest BCUT2D eigenvalue weighted by Gasteiger charge is 2.20. The third-order valence-corrected chi connectivity index (χ3v) is 5.15. The lowest BCUT2D eigenvalue weighted by Crippen LogP contribution is -2.12. The SMILES string of the molecule is CC1COc2ccc(C(Cl)CCC3CCCC3)cc2OC1. The molecule has 0 spiro atoms. The zero-order valence-electron chi connectivity index (χ0n) is 12.8. The number of ether oxygens (including phenoxy) is 2. The van der Waals surface area contributed by atoms with Crippen LogP contribution in [0, 0.1) is 11.8 Å². The first-order valence-electron chi connectivity index (χ1n) is 8.26. The maximum Gasteiger partial charge on any atom is 0.161 e. The van der Waals surface area contributed by atoms with Crippen molar-refractivity contribution in [1.82, 2.24) is 0 Å². The zero-order chi connectivity index (χ0) is 14.7. The molecular formula is C18H25ClO2. The van der Waals surface area contributed by atoms with Crippen molar-refractivity contribution in [2.24, 2.45) is 11.8 Å². The van der Waals surface area contributed by atoms with E-state index in [1.54, 1.807) is 0 Å². The Kier molecular flexibility index (Phi) is 4.95. The van der Waals surface area contributed by atoms with Crippen molar-refractivity contribution >= 4 is 11.6 Å². The van der Waals surface area contributed by atoms with Gasteiger partial charge >= 0.3 is 0 Å². The van der Waals surface area contributed by atoms with Gasteiger partial charge in [0.1, 0.15) is 0 Å². The van der Waals surface area contributed by atoms with Gasteiger partial charge in [0.15, 0.2) is 11.5 Å². The molecule has 0 aromatic heterocycles. The summed E-state index contributed by atoms with van der Waals surface area (Å²) in [5, 5.41) is 0.0835. The first-order valence-corrected chi connectivity index (χ1v) is 8.69. The molecule has 0 saturated heterocycles. The molecule has 1 aliphatic carbocycles. The molecule has 2 aliphatic rings. The molecule has 1 aromatic rings. The summed E-state index contributed by atoms with van der Waals surface area (Å²) in [6.07, 6.45) is 7.90. The van der Waals surface area contributed by atoms with Crippen molar-refractivity contribution in [2.45, 2.75) is 50.8 Å². The molecule has 21 heavy (non-hydrogen) atoms. The fraction of sp³-hybridized carbons (Fsp3) is 0.667. The number of hydrogen-bond acceptors (Lipinski definition) is 2. The van der Waals surface area contributed by atoms with Gasteiger partial charge in [-0.1, -0.05) is 38.7 Å². The van der Waals surface area contributed by atoms with Crippen molar-refractivity contribution in [2.75, 3.05) is 13.2 Å². The van der Waals surface area contributed by atoms with Gasteiger partial charge in [0, 0.05) is 5.92 Å². The topological polar surface area (TPSA) is 18.5 Å². The van der Waals surface area contributed by atoms with Crippen LogP contribution in [0.1, 0.15) is 56.4 Å². The summed E-state index contributed by atoms with van der Waals surface area (Å²) in [6.45, 7) is 3.57. The average Bonchev–Trinajstić information content (AvgIpc) is 2.95. The van der Waals surface area contributed by atoms with Crippen LogP contribution in [-0.2, 0) is 0 Å². The normalized spacial score (nSPS) is 23.8. The Labute approximate surface area is 132 Å². The van der Waals surface area contributed by atoms with Crippen molar-refractivity contribution in [3.8, 4) is 11.5 Å². The van der Waals surface area contributed by atoms with E-state index in [0.29, 0.717) is 12.5 Å². The second kappa shape index (κ2) is 6.91. The quantitative estimate of drug-likeness (QED) is 0.699. The molecule has 0 N–H and O–H groups in total. The highest BCUT2D eigenvalue weighted by Crippen LogP contribution is 2.38. The summed E-state index contributed by atoms with van der Waals surface area (Å²) < 4.78 is 11.6. The first kappa shape index (κ1) is 15.0. The number of fused-ring (bicyclic) bond motifs is 1. The monoisotopic (exact) mass is 308 g/mol. The first-order chi connectivity index (χ1) is 10.2. The van der Waals surface area contributed by atoms with Gasteiger partial charge < -0.3 is 9.47 Å². The van der Waals surface area contributed by atoms with E-state index in [-0.39, 0.29) is 5.38 Å². The summed E-state index contributed by atoms with van der Waals surface area (Å²) in [5.41, 5.74) is 1.16. The van der Waals surface area contributed by atoms with Gasteiger partial charge in [0.2, 0.25) is 0 Å². The fourth-order valence-corrected chi connectivity index (χ4v) is 3.57. The third kappa shape index (κ3) is 3.85. The Hall–Kier alpha value is -0.890. The van der Waals surface area contributed by atoms with Gasteiger partial charge in [-0.2, -0.15) is 0 Å². The van der Waals surface area contributed by atoms with Gasteiger partial charge in [-0.15, -0.1) is 11.6 Å². The third-order valence-electron chi connectivity index (χ3n) is 4.68. The van der Waals surface area contributed by atoms with Crippen LogP contribution in [-0.4, -0.2) is 13.2 Å². The molecule has 1 saturated carbocycles.